The van der Waals surface area contributed by atoms with Crippen molar-refractivity contribution in [2.45, 2.75) is 63.3 Å². The number of rotatable bonds is 9. The number of aliphatic hydroxyl groups is 1. The fraction of sp³-hybridized carbons (Fsp3) is 0.423. The van der Waals surface area contributed by atoms with Gasteiger partial charge in [0.2, 0.25) is 0 Å². The number of carbonyl (C=O) groups is 1. The normalized spacial score (nSPS) is 13.7. The van der Waals surface area contributed by atoms with Crippen molar-refractivity contribution in [3.8, 4) is 0 Å². The molecule has 0 aliphatic carbocycles. The van der Waals surface area contributed by atoms with Crippen LogP contribution in [0.4, 0.5) is 4.79 Å². The maximum Gasteiger partial charge on any atom is 0.410 e. The van der Waals surface area contributed by atoms with Crippen molar-refractivity contribution in [1.29, 1.82) is 0 Å². The van der Waals surface area contributed by atoms with E-state index in [1.807, 2.05) is 30.3 Å². The smallest absolute Gasteiger partial charge is 0.410 e. The summed E-state index contributed by atoms with van der Waals surface area (Å²) in [7, 11) is -3.48. The third-order valence-corrected chi connectivity index (χ3v) is 6.22. The lowest BCUT2D eigenvalue weighted by atomic mass is 10.0. The predicted molar refractivity (Wildman–Crippen MR) is 135 cm³/mol. The third-order valence-electron chi connectivity index (χ3n) is 5.13. The molecule has 2 aromatic carbocycles. The van der Waals surface area contributed by atoms with E-state index in [2.05, 4.69) is 6.58 Å². The summed E-state index contributed by atoms with van der Waals surface area (Å²) in [6, 6.07) is 13.8. The summed E-state index contributed by atoms with van der Waals surface area (Å²) < 4.78 is 30.0. The van der Waals surface area contributed by atoms with Crippen LogP contribution in [0.5, 0.6) is 0 Å². The summed E-state index contributed by atoms with van der Waals surface area (Å²) in [5.74, 6) is 0. The molecule has 7 nitrogen and oxygen atoms in total. The number of benzene rings is 2. The van der Waals surface area contributed by atoms with E-state index in [0.29, 0.717) is 23.1 Å². The Labute approximate surface area is 203 Å². The molecule has 0 heterocycles. The van der Waals surface area contributed by atoms with Gasteiger partial charge in [0.25, 0.3) is 0 Å². The molecule has 2 aromatic rings. The summed E-state index contributed by atoms with van der Waals surface area (Å²) >= 11 is 0. The van der Waals surface area contributed by atoms with Crippen LogP contribution in [-0.2, 0) is 27.5 Å². The number of carbonyl (C=O) groups excluding carboxylic acids is 1. The molecule has 0 fully saturated rings. The van der Waals surface area contributed by atoms with Crippen molar-refractivity contribution >= 4 is 21.5 Å². The van der Waals surface area contributed by atoms with Crippen LogP contribution in [0.25, 0.3) is 5.57 Å². The maximum atomic E-state index is 13.0. The average Bonchev–Trinajstić information content (AvgIpc) is 2.71. The Hall–Kier alpha value is -2.68. The molecule has 0 aliphatic heterocycles. The van der Waals surface area contributed by atoms with E-state index < -0.39 is 33.7 Å². The van der Waals surface area contributed by atoms with Crippen LogP contribution in [0.2, 0.25) is 0 Å². The van der Waals surface area contributed by atoms with Crippen LogP contribution in [0.3, 0.4) is 0 Å². The van der Waals surface area contributed by atoms with E-state index in [4.69, 9.17) is 10.5 Å². The molecule has 34 heavy (non-hydrogen) atoms. The highest BCUT2D eigenvalue weighted by molar-refractivity contribution is 7.90. The minimum absolute atomic E-state index is 0.0354. The zero-order valence-electron chi connectivity index (χ0n) is 20.6. The molecule has 0 spiro atoms. The van der Waals surface area contributed by atoms with Crippen LogP contribution in [0.15, 0.2) is 60.0 Å². The number of allylic oxidation sites excluding steroid dienone is 1. The molecule has 0 unspecified atom stereocenters. The minimum Gasteiger partial charge on any atom is -0.444 e. The van der Waals surface area contributed by atoms with Gasteiger partial charge in [-0.05, 0) is 69.0 Å². The van der Waals surface area contributed by atoms with Crippen molar-refractivity contribution < 1.29 is 23.1 Å². The van der Waals surface area contributed by atoms with Gasteiger partial charge in [0.15, 0.2) is 9.84 Å². The number of ether oxygens (including phenoxy) is 1. The Kier molecular flexibility index (Phi) is 9.05. The van der Waals surface area contributed by atoms with Crippen molar-refractivity contribution in [3.05, 3.63) is 71.8 Å². The van der Waals surface area contributed by atoms with Gasteiger partial charge in [-0.15, -0.1) is 0 Å². The Morgan fingerprint density at radius 2 is 1.76 bits per heavy atom. The molecule has 0 saturated heterocycles. The second-order valence-electron chi connectivity index (χ2n) is 9.70. The molecule has 2 atom stereocenters. The standard InChI is InChI=1S/C26H36N2O5S/c1-18(2)21-12-20(13-22(15-21)34(6,31)32)16-28(25(30)33-26(3,4)5)17-24(29)23(27)14-19-10-8-7-9-11-19/h7-13,15,23-24,29H,1,14,16-17,27H2,2-6H3/t23-,24+/m0/s1. The average molecular weight is 489 g/mol. The topological polar surface area (TPSA) is 110 Å². The fourth-order valence-corrected chi connectivity index (χ4v) is 4.05. The number of aliphatic hydroxyl groups excluding tert-OH is 1. The number of hydrogen-bond acceptors (Lipinski definition) is 6. The van der Waals surface area contributed by atoms with E-state index >= 15 is 0 Å². The van der Waals surface area contributed by atoms with E-state index in [9.17, 15) is 18.3 Å². The van der Waals surface area contributed by atoms with Crippen LogP contribution in [0, 0.1) is 0 Å². The van der Waals surface area contributed by atoms with E-state index in [1.54, 1.807) is 39.8 Å². The van der Waals surface area contributed by atoms with Gasteiger partial charge in [0, 0.05) is 18.8 Å². The Balaban J connectivity index is 2.33. The molecular weight excluding hydrogens is 452 g/mol. The first-order valence-corrected chi connectivity index (χ1v) is 13.0. The largest absolute Gasteiger partial charge is 0.444 e. The lowest BCUT2D eigenvalue weighted by Crippen LogP contribution is -2.47. The van der Waals surface area contributed by atoms with Gasteiger partial charge in [-0.3, -0.25) is 0 Å². The summed E-state index contributed by atoms with van der Waals surface area (Å²) in [6.07, 6.45) is -0.0775. The number of nitrogens with two attached hydrogens (primary N) is 1. The van der Waals surface area contributed by atoms with Gasteiger partial charge < -0.3 is 20.5 Å². The molecule has 0 aliphatic rings. The Bertz CT molecular complexity index is 1110. The van der Waals surface area contributed by atoms with Crippen molar-refractivity contribution in [2.75, 3.05) is 12.8 Å². The van der Waals surface area contributed by atoms with Crippen molar-refractivity contribution in [1.82, 2.24) is 4.90 Å². The highest BCUT2D eigenvalue weighted by Crippen LogP contribution is 2.22. The zero-order chi connectivity index (χ0) is 25.7. The van der Waals surface area contributed by atoms with Crippen molar-refractivity contribution in [2.24, 2.45) is 5.73 Å². The van der Waals surface area contributed by atoms with Gasteiger partial charge >= 0.3 is 6.09 Å². The minimum atomic E-state index is -3.48. The monoisotopic (exact) mass is 488 g/mol. The fourth-order valence-electron chi connectivity index (χ4n) is 3.35. The molecule has 0 aromatic heterocycles. The molecule has 3 N–H and O–H groups in total. The molecule has 0 saturated carbocycles. The van der Waals surface area contributed by atoms with Crippen LogP contribution in [-0.4, -0.2) is 55.1 Å². The van der Waals surface area contributed by atoms with Crippen molar-refractivity contribution in [3.63, 3.8) is 0 Å². The predicted octanol–water partition coefficient (Wildman–Crippen LogP) is 3.79. The summed E-state index contributed by atoms with van der Waals surface area (Å²) in [6.45, 7) is 10.9. The first kappa shape index (κ1) is 27.6. The van der Waals surface area contributed by atoms with E-state index in [1.165, 1.54) is 11.0 Å². The van der Waals surface area contributed by atoms with Gasteiger partial charge in [0.05, 0.1) is 17.5 Å². The number of hydrogen-bond donors (Lipinski definition) is 2. The second-order valence-corrected chi connectivity index (χ2v) is 11.7. The van der Waals surface area contributed by atoms with E-state index in [-0.39, 0.29) is 18.0 Å². The summed E-state index contributed by atoms with van der Waals surface area (Å²) in [5.41, 5.74) is 8.40. The van der Waals surface area contributed by atoms with Crippen LogP contribution in [0.1, 0.15) is 44.4 Å². The van der Waals surface area contributed by atoms with Gasteiger partial charge in [0.1, 0.15) is 5.60 Å². The first-order chi connectivity index (χ1) is 15.7. The highest BCUT2D eigenvalue weighted by Gasteiger charge is 2.27. The molecule has 186 valence electrons. The van der Waals surface area contributed by atoms with Gasteiger partial charge in [-0.25, -0.2) is 13.2 Å². The van der Waals surface area contributed by atoms with Gasteiger partial charge in [-0.1, -0.05) is 42.5 Å². The Morgan fingerprint density at radius 1 is 1.15 bits per heavy atom. The SMILES string of the molecule is C=C(C)c1cc(CN(C[C@@H](O)[C@@H](N)Cc2ccccc2)C(=O)OC(C)(C)C)cc(S(C)(=O)=O)c1. The molecule has 8 heteroatoms. The van der Waals surface area contributed by atoms with Gasteiger partial charge in [-0.2, -0.15) is 0 Å². The summed E-state index contributed by atoms with van der Waals surface area (Å²) in [5, 5.41) is 10.8. The molecule has 1 amide bonds. The lowest BCUT2D eigenvalue weighted by molar-refractivity contribution is 0.00994. The highest BCUT2D eigenvalue weighted by atomic mass is 32.2. The number of amides is 1. The molecule has 0 radical (unpaired) electrons. The lowest BCUT2D eigenvalue weighted by Gasteiger charge is -2.30. The Morgan fingerprint density at radius 3 is 2.29 bits per heavy atom. The quantitative estimate of drug-likeness (QED) is 0.556. The number of nitrogens with zero attached hydrogens (tertiary/aromatic N) is 1. The second kappa shape index (κ2) is 11.2. The number of sulfone groups is 1. The maximum absolute atomic E-state index is 13.0. The molecule has 2 rings (SSSR count). The van der Waals surface area contributed by atoms with E-state index in [0.717, 1.165) is 11.8 Å². The summed E-state index contributed by atoms with van der Waals surface area (Å²) in [4.78, 5) is 14.5. The first-order valence-electron chi connectivity index (χ1n) is 11.1. The zero-order valence-corrected chi connectivity index (χ0v) is 21.4. The molecular formula is C26H36N2O5S. The molecule has 0 bridgehead atoms. The van der Waals surface area contributed by atoms with Crippen LogP contribution < -0.4 is 5.73 Å². The van der Waals surface area contributed by atoms with Crippen LogP contribution >= 0.6 is 0 Å². The third kappa shape index (κ3) is 8.59.